The van der Waals surface area contributed by atoms with Crippen LogP contribution in [0.2, 0.25) is 0 Å². The number of nitrogens with one attached hydrogen (secondary N) is 1. The molecule has 0 unspecified atom stereocenters. The van der Waals surface area contributed by atoms with Gasteiger partial charge in [-0.15, -0.1) is 0 Å². The van der Waals surface area contributed by atoms with E-state index in [9.17, 15) is 14.0 Å². The van der Waals surface area contributed by atoms with Gasteiger partial charge in [0.05, 0.1) is 24.0 Å². The molecule has 0 radical (unpaired) electrons. The van der Waals surface area contributed by atoms with Crippen LogP contribution in [0.4, 0.5) is 10.1 Å². The summed E-state index contributed by atoms with van der Waals surface area (Å²) >= 11 is 0. The summed E-state index contributed by atoms with van der Waals surface area (Å²) in [6, 6.07) is 19.7. The Hall–Kier alpha value is -3.93. The molecule has 6 heteroatoms. The van der Waals surface area contributed by atoms with Gasteiger partial charge in [-0.3, -0.25) is 14.2 Å². The van der Waals surface area contributed by atoms with Crippen molar-refractivity contribution in [2.24, 2.45) is 0 Å². The van der Waals surface area contributed by atoms with E-state index in [1.165, 1.54) is 30.0 Å². The van der Waals surface area contributed by atoms with Gasteiger partial charge in [-0.1, -0.05) is 36.4 Å². The number of hydrogen-bond acceptors (Lipinski definition) is 3. The van der Waals surface area contributed by atoms with Crippen LogP contribution in [0.15, 0.2) is 83.8 Å². The van der Waals surface area contributed by atoms with E-state index in [0.717, 1.165) is 0 Å². The SMILES string of the molecule is COc1cccc(-n2cc(C(=O)Nc3ccccc3F)c3ccccc3c2=O)c1. The molecule has 4 rings (SSSR count). The van der Waals surface area contributed by atoms with Crippen LogP contribution >= 0.6 is 0 Å². The number of rotatable bonds is 4. The van der Waals surface area contributed by atoms with E-state index in [0.29, 0.717) is 22.2 Å². The molecular formula is C23H17FN2O3. The second-order valence-electron chi connectivity index (χ2n) is 6.40. The van der Waals surface area contributed by atoms with E-state index in [1.54, 1.807) is 60.7 Å². The molecule has 0 bridgehead atoms. The summed E-state index contributed by atoms with van der Waals surface area (Å²) in [5.74, 6) is -0.464. The number of amides is 1. The minimum absolute atomic E-state index is 0.0701. The first kappa shape index (κ1) is 18.4. The van der Waals surface area contributed by atoms with E-state index in [2.05, 4.69) is 5.32 Å². The first-order valence-electron chi connectivity index (χ1n) is 8.93. The van der Waals surface area contributed by atoms with Crippen molar-refractivity contribution in [3.63, 3.8) is 0 Å². The smallest absolute Gasteiger partial charge is 0.262 e. The molecule has 4 aromatic rings. The number of anilines is 1. The third-order valence-corrected chi connectivity index (χ3v) is 4.62. The highest BCUT2D eigenvalue weighted by atomic mass is 19.1. The summed E-state index contributed by atoms with van der Waals surface area (Å²) in [6.07, 6.45) is 1.47. The van der Waals surface area contributed by atoms with Crippen molar-refractivity contribution < 1.29 is 13.9 Å². The van der Waals surface area contributed by atoms with Gasteiger partial charge in [-0.05, 0) is 30.3 Å². The summed E-state index contributed by atoms with van der Waals surface area (Å²) in [4.78, 5) is 26.0. The van der Waals surface area contributed by atoms with Crippen LogP contribution in [-0.2, 0) is 0 Å². The third kappa shape index (κ3) is 3.48. The second kappa shape index (κ2) is 7.59. The fraction of sp³-hybridized carbons (Fsp3) is 0.0435. The zero-order chi connectivity index (χ0) is 20.4. The molecule has 0 aliphatic carbocycles. The van der Waals surface area contributed by atoms with Crippen molar-refractivity contribution >= 4 is 22.4 Å². The summed E-state index contributed by atoms with van der Waals surface area (Å²) in [5, 5.41) is 3.46. The number of halogens is 1. The molecule has 29 heavy (non-hydrogen) atoms. The van der Waals surface area contributed by atoms with Crippen molar-refractivity contribution in [2.45, 2.75) is 0 Å². The maximum atomic E-state index is 14.0. The molecule has 1 N–H and O–H groups in total. The molecule has 0 aliphatic rings. The number of nitrogens with zero attached hydrogens (tertiary/aromatic N) is 1. The number of benzene rings is 3. The first-order valence-corrected chi connectivity index (χ1v) is 8.93. The lowest BCUT2D eigenvalue weighted by molar-refractivity contribution is 0.102. The van der Waals surface area contributed by atoms with Crippen LogP contribution in [0.1, 0.15) is 10.4 Å². The lowest BCUT2D eigenvalue weighted by atomic mass is 10.1. The lowest BCUT2D eigenvalue weighted by Gasteiger charge is -2.13. The number of aromatic nitrogens is 1. The Morgan fingerprint density at radius 3 is 2.45 bits per heavy atom. The molecule has 3 aromatic carbocycles. The molecule has 0 saturated carbocycles. The summed E-state index contributed by atoms with van der Waals surface area (Å²) < 4.78 is 20.6. The zero-order valence-electron chi connectivity index (χ0n) is 15.6. The molecule has 144 valence electrons. The molecule has 1 amide bonds. The predicted octanol–water partition coefficient (Wildman–Crippen LogP) is 4.39. The largest absolute Gasteiger partial charge is 0.497 e. The third-order valence-electron chi connectivity index (χ3n) is 4.62. The fourth-order valence-electron chi connectivity index (χ4n) is 3.18. The van der Waals surface area contributed by atoms with Gasteiger partial charge < -0.3 is 10.1 Å². The maximum Gasteiger partial charge on any atom is 0.262 e. The molecule has 0 spiro atoms. The maximum absolute atomic E-state index is 14.0. The number of para-hydroxylation sites is 1. The Morgan fingerprint density at radius 2 is 1.69 bits per heavy atom. The number of fused-ring (bicyclic) bond motifs is 1. The van der Waals surface area contributed by atoms with Gasteiger partial charge >= 0.3 is 0 Å². The van der Waals surface area contributed by atoms with Crippen LogP contribution < -0.4 is 15.6 Å². The van der Waals surface area contributed by atoms with Crippen molar-refractivity contribution in [1.29, 1.82) is 0 Å². The highest BCUT2D eigenvalue weighted by Crippen LogP contribution is 2.22. The average molecular weight is 388 g/mol. The number of methoxy groups -OCH3 is 1. The molecule has 0 fully saturated rings. The quantitative estimate of drug-likeness (QED) is 0.564. The van der Waals surface area contributed by atoms with Crippen molar-refractivity contribution in [2.75, 3.05) is 12.4 Å². The summed E-state index contributed by atoms with van der Waals surface area (Å²) in [7, 11) is 1.54. The van der Waals surface area contributed by atoms with Crippen LogP contribution in [0.3, 0.4) is 0 Å². The van der Waals surface area contributed by atoms with Gasteiger partial charge in [0.1, 0.15) is 11.6 Å². The molecule has 0 aliphatic heterocycles. The lowest BCUT2D eigenvalue weighted by Crippen LogP contribution is -2.23. The minimum Gasteiger partial charge on any atom is -0.497 e. The van der Waals surface area contributed by atoms with E-state index >= 15 is 0 Å². The van der Waals surface area contributed by atoms with Crippen LogP contribution in [0.5, 0.6) is 5.75 Å². The van der Waals surface area contributed by atoms with Crippen molar-refractivity contribution in [1.82, 2.24) is 4.57 Å². The first-order chi connectivity index (χ1) is 14.1. The van der Waals surface area contributed by atoms with E-state index in [-0.39, 0.29) is 16.8 Å². The van der Waals surface area contributed by atoms with Gasteiger partial charge in [0.2, 0.25) is 0 Å². The topological polar surface area (TPSA) is 60.3 Å². The summed E-state index contributed by atoms with van der Waals surface area (Å²) in [5.41, 5.74) is 0.614. The van der Waals surface area contributed by atoms with E-state index < -0.39 is 11.7 Å². The molecule has 1 heterocycles. The van der Waals surface area contributed by atoms with E-state index in [4.69, 9.17) is 4.74 Å². The number of hydrogen-bond donors (Lipinski definition) is 1. The second-order valence-corrected chi connectivity index (χ2v) is 6.40. The normalized spacial score (nSPS) is 10.7. The summed E-state index contributed by atoms with van der Waals surface area (Å²) in [6.45, 7) is 0. The number of pyridine rings is 1. The molecular weight excluding hydrogens is 371 g/mol. The van der Waals surface area contributed by atoms with Crippen LogP contribution in [-0.4, -0.2) is 17.6 Å². The molecule has 0 saturated heterocycles. The number of carbonyl (C=O) groups excluding carboxylic acids is 1. The predicted molar refractivity (Wildman–Crippen MR) is 110 cm³/mol. The Morgan fingerprint density at radius 1 is 0.966 bits per heavy atom. The monoisotopic (exact) mass is 388 g/mol. The van der Waals surface area contributed by atoms with Gasteiger partial charge in [0, 0.05) is 23.0 Å². The van der Waals surface area contributed by atoms with Gasteiger partial charge in [0.15, 0.2) is 0 Å². The number of ether oxygens (including phenoxy) is 1. The Bertz CT molecular complexity index is 1280. The fourth-order valence-corrected chi connectivity index (χ4v) is 3.18. The minimum atomic E-state index is -0.536. The van der Waals surface area contributed by atoms with Gasteiger partial charge in [-0.25, -0.2) is 4.39 Å². The Balaban J connectivity index is 1.89. The van der Waals surface area contributed by atoms with E-state index in [1.807, 2.05) is 0 Å². The zero-order valence-corrected chi connectivity index (χ0v) is 15.6. The highest BCUT2D eigenvalue weighted by molar-refractivity contribution is 6.12. The average Bonchev–Trinajstić information content (AvgIpc) is 2.76. The van der Waals surface area contributed by atoms with Crippen LogP contribution in [0, 0.1) is 5.82 Å². The molecule has 1 aromatic heterocycles. The Kier molecular flexibility index (Phi) is 4.83. The Labute approximate surface area is 166 Å². The van der Waals surface area contributed by atoms with Gasteiger partial charge in [-0.2, -0.15) is 0 Å². The number of carbonyl (C=O) groups is 1. The standard InChI is InChI=1S/C23H17FN2O3/c1-29-16-8-6-7-15(13-16)26-14-19(17-9-2-3-10-18(17)23(26)28)22(27)25-21-12-5-4-11-20(21)24/h2-14H,1H3,(H,25,27). The van der Waals surface area contributed by atoms with Crippen molar-refractivity contribution in [3.05, 3.63) is 101 Å². The van der Waals surface area contributed by atoms with Crippen molar-refractivity contribution in [3.8, 4) is 11.4 Å². The highest BCUT2D eigenvalue weighted by Gasteiger charge is 2.17. The molecule has 5 nitrogen and oxygen atoms in total. The molecule has 0 atom stereocenters. The van der Waals surface area contributed by atoms with Gasteiger partial charge in [0.25, 0.3) is 11.5 Å². The van der Waals surface area contributed by atoms with Crippen LogP contribution in [0.25, 0.3) is 16.5 Å².